The highest BCUT2D eigenvalue weighted by molar-refractivity contribution is 14.1. The molecule has 320 valence electrons. The number of pyridine rings is 2. The minimum Gasteiger partial charge on any atom is -0.423 e. The molecule has 0 radical (unpaired) electrons. The Labute approximate surface area is 383 Å². The van der Waals surface area contributed by atoms with Crippen LogP contribution in [-0.2, 0) is 0 Å². The van der Waals surface area contributed by atoms with Crippen LogP contribution in [0.1, 0.15) is 83.2 Å². The fourth-order valence-electron chi connectivity index (χ4n) is 8.85. The highest BCUT2D eigenvalue weighted by Crippen LogP contribution is 2.44. The number of aromatic amines is 2. The first kappa shape index (κ1) is 41.8. The number of nitrogens with one attached hydrogen (secondary N) is 2. The molecule has 4 aromatic carbocycles. The van der Waals surface area contributed by atoms with E-state index in [9.17, 15) is 10.0 Å². The summed E-state index contributed by atoms with van der Waals surface area (Å²) in [7, 11) is -1.44. The Hall–Kier alpha value is -6.23. The second kappa shape index (κ2) is 16.7. The Bertz CT molecular complexity index is 3360. The Balaban J connectivity index is 0.000000123. The smallest absolute Gasteiger partial charge is 0.423 e. The number of nitrogens with zero attached hydrogens (tertiary/aromatic N) is 6. The molecule has 0 aliphatic heterocycles. The van der Waals surface area contributed by atoms with Gasteiger partial charge in [-0.2, -0.15) is 0 Å². The largest absolute Gasteiger partial charge is 0.489 e. The summed E-state index contributed by atoms with van der Waals surface area (Å²) in [5.41, 5.74) is 17.2. The third-order valence-electron chi connectivity index (χ3n) is 12.3. The van der Waals surface area contributed by atoms with Gasteiger partial charge in [0.25, 0.3) is 0 Å². The van der Waals surface area contributed by atoms with Crippen molar-refractivity contribution in [2.24, 2.45) is 0 Å². The first-order chi connectivity index (χ1) is 30.9. The molecule has 2 aliphatic rings. The molecule has 0 atom stereocenters. The van der Waals surface area contributed by atoms with E-state index in [0.29, 0.717) is 17.3 Å². The van der Waals surface area contributed by atoms with Gasteiger partial charge in [-0.1, -0.05) is 40.1 Å². The van der Waals surface area contributed by atoms with Gasteiger partial charge in [0.1, 0.15) is 28.7 Å². The zero-order chi connectivity index (χ0) is 44.4. The molecule has 0 unspecified atom stereocenters. The molecule has 0 bridgehead atoms. The van der Waals surface area contributed by atoms with Crippen LogP contribution >= 0.6 is 22.6 Å². The lowest BCUT2D eigenvalue weighted by atomic mass is 9.75. The number of fused-ring (bicyclic) bond motifs is 4. The monoisotopic (exact) mass is 960 g/mol. The first-order valence-corrected chi connectivity index (χ1v) is 22.7. The number of benzene rings is 4. The summed E-state index contributed by atoms with van der Waals surface area (Å²) in [4.78, 5) is 25.6. The van der Waals surface area contributed by atoms with Crippen molar-refractivity contribution in [1.82, 2.24) is 40.2 Å². The van der Waals surface area contributed by atoms with E-state index in [-0.39, 0.29) is 0 Å². The number of halogens is 1. The molecule has 12 nitrogen and oxygen atoms in total. The van der Waals surface area contributed by atoms with E-state index < -0.39 is 7.12 Å². The number of hydrogen-bond acceptors (Lipinski definition) is 10. The minimum absolute atomic E-state index is 0.538. The van der Waals surface area contributed by atoms with Crippen molar-refractivity contribution in [1.29, 1.82) is 0 Å². The summed E-state index contributed by atoms with van der Waals surface area (Å²) in [6, 6.07) is 24.4. The maximum absolute atomic E-state index is 9.23. The van der Waals surface area contributed by atoms with Gasteiger partial charge in [0, 0.05) is 55.3 Å². The summed E-state index contributed by atoms with van der Waals surface area (Å²) >= 11 is 2.36. The molecule has 4 N–H and O–H groups in total. The molecule has 6 aromatic heterocycles. The van der Waals surface area contributed by atoms with Gasteiger partial charge in [0.15, 0.2) is 0 Å². The van der Waals surface area contributed by atoms with E-state index in [2.05, 4.69) is 102 Å². The third kappa shape index (κ3) is 7.87. The summed E-state index contributed by atoms with van der Waals surface area (Å²) < 4.78 is 11.9. The molecule has 10 aromatic rings. The van der Waals surface area contributed by atoms with Gasteiger partial charge in [-0.05, 0) is 166 Å². The van der Waals surface area contributed by atoms with Crippen LogP contribution in [-0.4, -0.2) is 57.4 Å². The van der Waals surface area contributed by atoms with Crippen molar-refractivity contribution >= 4 is 79.0 Å². The predicted octanol–water partition coefficient (Wildman–Crippen LogP) is 10.8. The average Bonchev–Trinajstić information content (AvgIpc) is 4.17. The van der Waals surface area contributed by atoms with E-state index in [1.807, 2.05) is 65.1 Å². The number of rotatable bonds is 6. The van der Waals surface area contributed by atoms with Gasteiger partial charge in [-0.15, -0.1) is 0 Å². The molecule has 0 saturated heterocycles. The van der Waals surface area contributed by atoms with E-state index in [4.69, 9.17) is 19.0 Å². The van der Waals surface area contributed by atoms with Crippen LogP contribution < -0.4 is 5.46 Å². The molecular formula is C50H46BIN8O4. The fourth-order valence-corrected chi connectivity index (χ4v) is 9.59. The lowest BCUT2D eigenvalue weighted by molar-refractivity contribution is 0.393. The number of hydrogen-bond donors (Lipinski definition) is 4. The van der Waals surface area contributed by atoms with Gasteiger partial charge in [-0.3, -0.25) is 9.97 Å². The zero-order valence-electron chi connectivity index (χ0n) is 36.4. The summed E-state index contributed by atoms with van der Waals surface area (Å²) in [5, 5.41) is 28.6. The maximum Gasteiger partial charge on any atom is 0.489 e. The van der Waals surface area contributed by atoms with E-state index >= 15 is 0 Å². The summed E-state index contributed by atoms with van der Waals surface area (Å²) in [6.45, 7) is 11.9. The second-order valence-corrected chi connectivity index (χ2v) is 18.2. The van der Waals surface area contributed by atoms with Crippen LogP contribution in [0.2, 0.25) is 0 Å². The zero-order valence-corrected chi connectivity index (χ0v) is 38.6. The summed E-state index contributed by atoms with van der Waals surface area (Å²) in [5.74, 6) is 5.12. The van der Waals surface area contributed by atoms with Crippen molar-refractivity contribution in [2.75, 3.05) is 0 Å². The van der Waals surface area contributed by atoms with Gasteiger partial charge < -0.3 is 29.1 Å². The van der Waals surface area contributed by atoms with Crippen LogP contribution in [0.4, 0.5) is 0 Å². The van der Waals surface area contributed by atoms with Gasteiger partial charge in [0.05, 0.1) is 39.0 Å². The standard InChI is InChI=1S/C25H22N4O.C15H14IN3O.C10H10BNO2/c1-13-6-9-20-18(5-4-10-26-20)22(13)19-11-17(23-14(2)29-30-15(23)3)12-21-24(19)28-25(27-21)16-7-8-16;1-7-13(8(2)20-19-7)10-5-11(16)14-12(6-10)17-15(18-14)9-3-4-9;1-7-4-5-9-8(3-2-6-12-9)10(7)11(13)14/h4-6,9-12,16H,7-8H2,1-3H3,(H,27,28);5-6,9H,3-4H2,1-2H3,(H,17,18);2-6,13-14H,1H3. The third-order valence-corrected chi connectivity index (χ3v) is 13.1. The number of aryl methyl sites for hydroxylation is 6. The molecule has 0 amide bonds. The average molecular weight is 961 g/mol. The minimum atomic E-state index is -1.44. The SMILES string of the molecule is Cc1ccc2ncccc2c1-c1cc(-c2c(C)noc2C)cc2[nH]c(C3CC3)nc12.Cc1ccc2ncccc2c1B(O)O.Cc1noc(C)c1-c1cc(I)c2nc(C3CC3)[nH]c2c1. The molecule has 2 fully saturated rings. The molecule has 0 spiro atoms. The molecule has 6 heterocycles. The van der Waals surface area contributed by atoms with Crippen LogP contribution in [0.15, 0.2) is 94.2 Å². The normalized spacial score (nSPS) is 13.6. The lowest BCUT2D eigenvalue weighted by Gasteiger charge is -2.13. The van der Waals surface area contributed by atoms with Crippen molar-refractivity contribution in [3.8, 4) is 33.4 Å². The van der Waals surface area contributed by atoms with Crippen LogP contribution in [0.3, 0.4) is 0 Å². The van der Waals surface area contributed by atoms with Crippen molar-refractivity contribution < 1.29 is 19.1 Å². The molecule has 64 heavy (non-hydrogen) atoms. The highest BCUT2D eigenvalue weighted by atomic mass is 127. The van der Waals surface area contributed by atoms with E-state index in [0.717, 1.165) is 112 Å². The molecule has 2 aliphatic carbocycles. The number of H-pyrrole nitrogens is 2. The summed E-state index contributed by atoms with van der Waals surface area (Å²) in [6.07, 6.45) is 8.47. The maximum atomic E-state index is 9.23. The van der Waals surface area contributed by atoms with Crippen molar-refractivity contribution in [3.05, 3.63) is 134 Å². The first-order valence-electron chi connectivity index (χ1n) is 21.6. The van der Waals surface area contributed by atoms with Gasteiger partial charge in [0.2, 0.25) is 0 Å². The van der Waals surface area contributed by atoms with Crippen molar-refractivity contribution in [3.63, 3.8) is 0 Å². The quantitative estimate of drug-likeness (QED) is 0.0927. The lowest BCUT2D eigenvalue weighted by Crippen LogP contribution is -2.32. The van der Waals surface area contributed by atoms with Gasteiger partial charge >= 0.3 is 7.12 Å². The molecule has 2 saturated carbocycles. The van der Waals surface area contributed by atoms with Crippen LogP contribution in [0.5, 0.6) is 0 Å². The Morgan fingerprint density at radius 1 is 0.609 bits per heavy atom. The Morgan fingerprint density at radius 2 is 1.12 bits per heavy atom. The second-order valence-electron chi connectivity index (χ2n) is 17.0. The van der Waals surface area contributed by atoms with Crippen molar-refractivity contribution in [2.45, 2.75) is 79.1 Å². The molecule has 14 heteroatoms. The van der Waals surface area contributed by atoms with E-state index in [1.54, 1.807) is 12.3 Å². The fraction of sp³-hybridized carbons (Fsp3) is 0.240. The Morgan fingerprint density at radius 3 is 1.67 bits per heavy atom. The predicted molar refractivity (Wildman–Crippen MR) is 261 cm³/mol. The number of imidazole rings is 2. The molecular weight excluding hydrogens is 914 g/mol. The van der Waals surface area contributed by atoms with Gasteiger partial charge in [-0.25, -0.2) is 9.97 Å². The molecule has 12 rings (SSSR count). The van der Waals surface area contributed by atoms with Crippen LogP contribution in [0, 0.1) is 45.1 Å². The topological polar surface area (TPSA) is 176 Å². The highest BCUT2D eigenvalue weighted by Gasteiger charge is 2.29. The number of aromatic nitrogens is 8. The van der Waals surface area contributed by atoms with Crippen LogP contribution in [0.25, 0.3) is 77.3 Å². The van der Waals surface area contributed by atoms with E-state index in [1.165, 1.54) is 40.4 Å². The Kier molecular flexibility index (Phi) is 10.9.